The minimum Gasteiger partial charge on any atom is -0.361 e. The van der Waals surface area contributed by atoms with Crippen LogP contribution in [0.1, 0.15) is 6.42 Å². The van der Waals surface area contributed by atoms with Gasteiger partial charge in [-0.2, -0.15) is 4.79 Å². The van der Waals surface area contributed by atoms with Gasteiger partial charge >= 0.3 is 5.71 Å². The van der Waals surface area contributed by atoms with Crippen molar-refractivity contribution in [2.24, 2.45) is 0 Å². The molecule has 1 saturated carbocycles. The maximum absolute atomic E-state index is 11.5. The van der Waals surface area contributed by atoms with E-state index in [4.69, 9.17) is 5.53 Å². The quantitative estimate of drug-likeness (QED) is 0.302. The van der Waals surface area contributed by atoms with E-state index in [-0.39, 0.29) is 5.71 Å². The molecule has 1 fully saturated rings. The van der Waals surface area contributed by atoms with E-state index in [1.54, 1.807) is 0 Å². The first-order chi connectivity index (χ1) is 2.84. The largest absolute Gasteiger partial charge is 0.361 e. The van der Waals surface area contributed by atoms with Crippen LogP contribution in [0.15, 0.2) is 0 Å². The van der Waals surface area contributed by atoms with Crippen molar-refractivity contribution in [2.75, 3.05) is 0 Å². The summed E-state index contributed by atoms with van der Waals surface area (Å²) in [5.74, 6) is 0. The van der Waals surface area contributed by atoms with Crippen molar-refractivity contribution in [1.29, 1.82) is 0 Å². The molecule has 0 aromatic heterocycles. The first-order valence-corrected chi connectivity index (χ1v) is 1.69. The van der Waals surface area contributed by atoms with Crippen molar-refractivity contribution < 1.29 is 9.18 Å². The molecule has 1 aliphatic carbocycles. The molecule has 0 bridgehead atoms. The third-order valence-electron chi connectivity index (χ3n) is 0.718. The summed E-state index contributed by atoms with van der Waals surface area (Å²) in [5, 5.41) is 0. The molecule has 6 heavy (non-hydrogen) atoms. The van der Waals surface area contributed by atoms with Gasteiger partial charge in [0.25, 0.3) is 0 Å². The summed E-state index contributed by atoms with van der Waals surface area (Å²) in [4.78, 5) is 2.62. The van der Waals surface area contributed by atoms with Gasteiger partial charge in [-0.25, -0.2) is 4.39 Å². The van der Waals surface area contributed by atoms with Crippen LogP contribution in [0.4, 0.5) is 4.39 Å². The van der Waals surface area contributed by atoms with Crippen LogP contribution in [0, 0.1) is 0 Å². The Morgan fingerprint density at radius 1 is 2.00 bits per heavy atom. The van der Waals surface area contributed by atoms with Crippen molar-refractivity contribution in [3.63, 3.8) is 0 Å². The zero-order chi connectivity index (χ0) is 4.57. The molecule has 0 N–H and O–H groups in total. The van der Waals surface area contributed by atoms with Gasteiger partial charge in [0.05, 0.1) is 6.42 Å². The zero-order valence-electron chi connectivity index (χ0n) is 3.06. The van der Waals surface area contributed by atoms with Gasteiger partial charge in [0.1, 0.15) is 0 Å². The highest BCUT2D eigenvalue weighted by atomic mass is 19.1. The first-order valence-electron chi connectivity index (χ1n) is 1.69. The van der Waals surface area contributed by atoms with Crippen molar-refractivity contribution in [2.45, 2.75) is 12.6 Å². The Bertz CT molecular complexity index is 114. The molecule has 0 heterocycles. The minimum absolute atomic E-state index is 0.273. The van der Waals surface area contributed by atoms with Gasteiger partial charge in [-0.1, -0.05) is 0 Å². The van der Waals surface area contributed by atoms with Crippen molar-refractivity contribution >= 4 is 5.71 Å². The van der Waals surface area contributed by atoms with Gasteiger partial charge in [-0.05, 0) is 0 Å². The van der Waals surface area contributed by atoms with E-state index < -0.39 is 6.17 Å². The Balaban J connectivity index is 2.67. The SMILES string of the molecule is [N-]=[N+]=C1CC1F. The summed E-state index contributed by atoms with van der Waals surface area (Å²) in [6, 6.07) is 0. The van der Waals surface area contributed by atoms with Gasteiger partial charge in [-0.3, -0.25) is 0 Å². The highest BCUT2D eigenvalue weighted by Crippen LogP contribution is 2.16. The van der Waals surface area contributed by atoms with Gasteiger partial charge in [-0.15, -0.1) is 0 Å². The molecule has 0 aliphatic heterocycles. The van der Waals surface area contributed by atoms with E-state index in [9.17, 15) is 4.39 Å². The van der Waals surface area contributed by atoms with Gasteiger partial charge in [0.15, 0.2) is 0 Å². The van der Waals surface area contributed by atoms with Crippen molar-refractivity contribution in [3.05, 3.63) is 5.53 Å². The molecule has 2 nitrogen and oxygen atoms in total. The Hall–Kier alpha value is -0.690. The summed E-state index contributed by atoms with van der Waals surface area (Å²) in [6.07, 6.45) is -0.605. The van der Waals surface area contributed by atoms with Crippen LogP contribution < -0.4 is 0 Å². The van der Waals surface area contributed by atoms with Crippen LogP contribution >= 0.6 is 0 Å². The predicted molar refractivity (Wildman–Crippen MR) is 18.1 cm³/mol. The monoisotopic (exact) mass is 86.0 g/mol. The van der Waals surface area contributed by atoms with Crippen LogP contribution in [0.5, 0.6) is 0 Å². The Morgan fingerprint density at radius 2 is 2.50 bits per heavy atom. The Morgan fingerprint density at radius 3 is 2.50 bits per heavy atom. The number of rotatable bonds is 0. The molecular formula is C3H3FN2. The van der Waals surface area contributed by atoms with Crippen molar-refractivity contribution in [1.82, 2.24) is 0 Å². The predicted octanol–water partition coefficient (Wildman–Crippen LogP) is 0.399. The van der Waals surface area contributed by atoms with Gasteiger partial charge < -0.3 is 5.53 Å². The topological polar surface area (TPSA) is 36.4 Å². The van der Waals surface area contributed by atoms with Crippen LogP contribution in [-0.2, 0) is 0 Å². The molecule has 0 radical (unpaired) electrons. The lowest BCUT2D eigenvalue weighted by Gasteiger charge is -1.47. The van der Waals surface area contributed by atoms with E-state index in [1.165, 1.54) is 0 Å². The lowest BCUT2D eigenvalue weighted by atomic mass is 10.9. The smallest absolute Gasteiger partial charge is 0.306 e. The molecule has 0 aromatic carbocycles. The average Bonchev–Trinajstić information content (AvgIpc) is 2.19. The number of halogens is 1. The fourth-order valence-electron chi connectivity index (χ4n) is 0.228. The molecule has 0 spiro atoms. The average molecular weight is 86.1 g/mol. The van der Waals surface area contributed by atoms with E-state index in [2.05, 4.69) is 4.79 Å². The molecule has 1 atom stereocenters. The van der Waals surface area contributed by atoms with E-state index in [1.807, 2.05) is 0 Å². The maximum Gasteiger partial charge on any atom is 0.306 e. The summed E-state index contributed by atoms with van der Waals surface area (Å²) in [6.45, 7) is 0. The number of nitrogens with zero attached hydrogens (tertiary/aromatic N) is 2. The lowest BCUT2D eigenvalue weighted by molar-refractivity contribution is -0.00288. The lowest BCUT2D eigenvalue weighted by Crippen LogP contribution is -1.70. The molecule has 1 aliphatic rings. The highest BCUT2D eigenvalue weighted by molar-refractivity contribution is 5.99. The molecule has 1 rings (SSSR count). The molecule has 0 amide bonds. The molecular weight excluding hydrogens is 83.0 g/mol. The minimum atomic E-state index is -0.935. The number of hydrogen-bond donors (Lipinski definition) is 0. The van der Waals surface area contributed by atoms with Crippen LogP contribution in [-0.4, -0.2) is 16.7 Å². The number of hydrogen-bond acceptors (Lipinski definition) is 0. The molecule has 32 valence electrons. The first kappa shape index (κ1) is 3.50. The second-order valence-corrected chi connectivity index (χ2v) is 1.26. The molecule has 0 saturated heterocycles. The highest BCUT2D eigenvalue weighted by Gasteiger charge is 2.41. The summed E-state index contributed by atoms with van der Waals surface area (Å²) < 4.78 is 11.5. The standard InChI is InChI=1S/C3H3FN2/c4-2-1-3(2)6-5/h2H,1H2. The normalized spacial score (nSPS) is 29.5. The maximum atomic E-state index is 11.5. The zero-order valence-corrected chi connectivity index (χ0v) is 3.06. The van der Waals surface area contributed by atoms with Gasteiger partial charge in [0, 0.05) is 0 Å². The summed E-state index contributed by atoms with van der Waals surface area (Å²) >= 11 is 0. The second kappa shape index (κ2) is 0.884. The summed E-state index contributed by atoms with van der Waals surface area (Å²) in [5.41, 5.74) is 8.00. The van der Waals surface area contributed by atoms with Crippen LogP contribution in [0.2, 0.25) is 0 Å². The number of alkyl halides is 1. The van der Waals surface area contributed by atoms with Gasteiger partial charge in [0.2, 0.25) is 6.17 Å². The second-order valence-electron chi connectivity index (χ2n) is 1.26. The third-order valence-corrected chi connectivity index (χ3v) is 0.718. The molecule has 1 unspecified atom stereocenters. The molecule has 3 heteroatoms. The van der Waals surface area contributed by atoms with E-state index >= 15 is 0 Å². The molecule has 0 aromatic rings. The Labute approximate surface area is 34.2 Å². The van der Waals surface area contributed by atoms with E-state index in [0.29, 0.717) is 6.42 Å². The summed E-state index contributed by atoms with van der Waals surface area (Å²) in [7, 11) is 0. The van der Waals surface area contributed by atoms with Crippen molar-refractivity contribution in [3.8, 4) is 0 Å². The third kappa shape index (κ3) is 0.331. The Kier molecular flexibility index (Phi) is 0.515. The van der Waals surface area contributed by atoms with E-state index in [0.717, 1.165) is 0 Å². The fourth-order valence-corrected chi connectivity index (χ4v) is 0.228. The fraction of sp³-hybridized carbons (Fsp3) is 0.667. The van der Waals surface area contributed by atoms with Crippen LogP contribution in [0.25, 0.3) is 5.53 Å². The van der Waals surface area contributed by atoms with Crippen LogP contribution in [0.3, 0.4) is 0 Å².